The second kappa shape index (κ2) is 4.74. The predicted molar refractivity (Wildman–Crippen MR) is 66.5 cm³/mol. The number of nitrogens with two attached hydrogens (primary N) is 1. The number of nitrogen functional groups attached to an aromatic ring is 1. The average molecular weight is 230 g/mol. The molecule has 2 rings (SSSR count). The van der Waals surface area contributed by atoms with Crippen LogP contribution in [0.4, 0.5) is 5.69 Å². The van der Waals surface area contributed by atoms with Crippen LogP contribution in [-0.2, 0) is 0 Å². The van der Waals surface area contributed by atoms with Crippen molar-refractivity contribution in [1.29, 1.82) is 0 Å². The minimum Gasteiger partial charge on any atom is -0.497 e. The third-order valence-electron chi connectivity index (χ3n) is 2.36. The molecule has 0 amide bonds. The van der Waals surface area contributed by atoms with E-state index in [1.54, 1.807) is 25.3 Å². The van der Waals surface area contributed by atoms with Gasteiger partial charge in [-0.15, -0.1) is 0 Å². The summed E-state index contributed by atoms with van der Waals surface area (Å²) in [5.41, 5.74) is 7.10. The predicted octanol–water partition coefficient (Wildman–Crippen LogP) is 2.77. The number of pyridine rings is 1. The molecule has 0 spiro atoms. The first kappa shape index (κ1) is 11.3. The van der Waals surface area contributed by atoms with E-state index in [0.29, 0.717) is 17.3 Å². The van der Waals surface area contributed by atoms with Gasteiger partial charge in [0.05, 0.1) is 18.5 Å². The number of aromatic nitrogens is 1. The lowest BCUT2D eigenvalue weighted by atomic mass is 10.3. The van der Waals surface area contributed by atoms with Crippen LogP contribution >= 0.6 is 0 Å². The summed E-state index contributed by atoms with van der Waals surface area (Å²) in [4.78, 5) is 4.24. The van der Waals surface area contributed by atoms with Crippen LogP contribution in [-0.4, -0.2) is 12.1 Å². The van der Waals surface area contributed by atoms with Crippen molar-refractivity contribution in [2.24, 2.45) is 0 Å². The summed E-state index contributed by atoms with van der Waals surface area (Å²) in [5.74, 6) is 1.95. The SMILES string of the molecule is COc1cccc(Oc2ccc(N)c(C)n2)c1. The number of aryl methyl sites for hydroxylation is 1. The fourth-order valence-corrected chi connectivity index (χ4v) is 1.39. The van der Waals surface area contributed by atoms with Gasteiger partial charge in [0, 0.05) is 12.1 Å². The number of anilines is 1. The molecule has 0 saturated carbocycles. The third-order valence-corrected chi connectivity index (χ3v) is 2.36. The zero-order valence-electron chi connectivity index (χ0n) is 9.81. The first-order valence-corrected chi connectivity index (χ1v) is 5.24. The molecule has 0 aliphatic heterocycles. The van der Waals surface area contributed by atoms with Crippen molar-refractivity contribution in [3.05, 3.63) is 42.1 Å². The Bertz CT molecular complexity index is 527. The lowest BCUT2D eigenvalue weighted by molar-refractivity contribution is 0.407. The normalized spacial score (nSPS) is 10.0. The highest BCUT2D eigenvalue weighted by Gasteiger charge is 2.02. The average Bonchev–Trinajstić information content (AvgIpc) is 2.34. The molecular formula is C13H14N2O2. The van der Waals surface area contributed by atoms with Crippen molar-refractivity contribution >= 4 is 5.69 Å². The van der Waals surface area contributed by atoms with Gasteiger partial charge < -0.3 is 15.2 Å². The molecule has 17 heavy (non-hydrogen) atoms. The van der Waals surface area contributed by atoms with Crippen LogP contribution in [0.1, 0.15) is 5.69 Å². The van der Waals surface area contributed by atoms with Gasteiger partial charge in [-0.1, -0.05) is 6.07 Å². The number of benzene rings is 1. The molecule has 0 atom stereocenters. The summed E-state index contributed by atoms with van der Waals surface area (Å²) in [7, 11) is 1.62. The highest BCUT2D eigenvalue weighted by molar-refractivity contribution is 5.44. The summed E-state index contributed by atoms with van der Waals surface area (Å²) in [6.07, 6.45) is 0. The smallest absolute Gasteiger partial charge is 0.219 e. The highest BCUT2D eigenvalue weighted by Crippen LogP contribution is 2.24. The Hall–Kier alpha value is -2.23. The van der Waals surface area contributed by atoms with Crippen molar-refractivity contribution < 1.29 is 9.47 Å². The molecule has 88 valence electrons. The molecular weight excluding hydrogens is 216 g/mol. The fourth-order valence-electron chi connectivity index (χ4n) is 1.39. The van der Waals surface area contributed by atoms with E-state index in [4.69, 9.17) is 15.2 Å². The Balaban J connectivity index is 2.22. The minimum absolute atomic E-state index is 0.518. The maximum Gasteiger partial charge on any atom is 0.219 e. The van der Waals surface area contributed by atoms with Crippen LogP contribution in [0, 0.1) is 6.92 Å². The largest absolute Gasteiger partial charge is 0.497 e. The first-order valence-electron chi connectivity index (χ1n) is 5.24. The number of ether oxygens (including phenoxy) is 2. The van der Waals surface area contributed by atoms with Gasteiger partial charge in [-0.05, 0) is 25.1 Å². The molecule has 0 saturated heterocycles. The Morgan fingerprint density at radius 2 is 1.88 bits per heavy atom. The van der Waals surface area contributed by atoms with Crippen molar-refractivity contribution in [2.45, 2.75) is 6.92 Å². The van der Waals surface area contributed by atoms with Crippen LogP contribution in [0.15, 0.2) is 36.4 Å². The molecule has 2 aromatic rings. The Morgan fingerprint density at radius 1 is 1.12 bits per heavy atom. The summed E-state index contributed by atoms with van der Waals surface area (Å²) < 4.78 is 10.7. The molecule has 1 aromatic carbocycles. The number of hydrogen-bond donors (Lipinski definition) is 1. The van der Waals surface area contributed by atoms with Crippen LogP contribution in [0.25, 0.3) is 0 Å². The van der Waals surface area contributed by atoms with Crippen LogP contribution < -0.4 is 15.2 Å². The van der Waals surface area contributed by atoms with Gasteiger partial charge in [0.1, 0.15) is 11.5 Å². The van der Waals surface area contributed by atoms with Crippen LogP contribution in [0.3, 0.4) is 0 Å². The maximum atomic E-state index is 5.69. The van der Waals surface area contributed by atoms with E-state index in [9.17, 15) is 0 Å². The van der Waals surface area contributed by atoms with Gasteiger partial charge in [-0.2, -0.15) is 0 Å². The zero-order valence-corrected chi connectivity index (χ0v) is 9.81. The van der Waals surface area contributed by atoms with Crippen molar-refractivity contribution in [2.75, 3.05) is 12.8 Å². The number of rotatable bonds is 3. The number of nitrogens with zero attached hydrogens (tertiary/aromatic N) is 1. The fraction of sp³-hybridized carbons (Fsp3) is 0.154. The summed E-state index contributed by atoms with van der Waals surface area (Å²) in [6.45, 7) is 1.84. The third kappa shape index (κ3) is 2.66. The summed E-state index contributed by atoms with van der Waals surface area (Å²) in [5, 5.41) is 0. The lowest BCUT2D eigenvalue weighted by Crippen LogP contribution is -1.95. The standard InChI is InChI=1S/C13H14N2O2/c1-9-12(14)6-7-13(15-9)17-11-5-3-4-10(8-11)16-2/h3-8H,14H2,1-2H3. The first-order chi connectivity index (χ1) is 8.19. The molecule has 2 N–H and O–H groups in total. The van der Waals surface area contributed by atoms with E-state index in [1.165, 1.54) is 0 Å². The molecule has 0 fully saturated rings. The second-order valence-corrected chi connectivity index (χ2v) is 3.61. The van der Waals surface area contributed by atoms with Gasteiger partial charge in [0.25, 0.3) is 0 Å². The Morgan fingerprint density at radius 3 is 2.59 bits per heavy atom. The topological polar surface area (TPSA) is 57.4 Å². The van der Waals surface area contributed by atoms with E-state index in [-0.39, 0.29) is 0 Å². The molecule has 0 bridgehead atoms. The highest BCUT2D eigenvalue weighted by atomic mass is 16.5. The maximum absolute atomic E-state index is 5.69. The van der Waals surface area contributed by atoms with Gasteiger partial charge in [0.2, 0.25) is 5.88 Å². The van der Waals surface area contributed by atoms with Crippen molar-refractivity contribution in [3.63, 3.8) is 0 Å². The van der Waals surface area contributed by atoms with Gasteiger partial charge >= 0.3 is 0 Å². The molecule has 0 aliphatic carbocycles. The van der Waals surface area contributed by atoms with Crippen molar-refractivity contribution in [3.8, 4) is 17.4 Å². The second-order valence-electron chi connectivity index (χ2n) is 3.61. The van der Waals surface area contributed by atoms with E-state index < -0.39 is 0 Å². The van der Waals surface area contributed by atoms with E-state index in [2.05, 4.69) is 4.98 Å². The van der Waals surface area contributed by atoms with Gasteiger partial charge in [-0.25, -0.2) is 4.98 Å². The lowest BCUT2D eigenvalue weighted by Gasteiger charge is -2.07. The van der Waals surface area contributed by atoms with Crippen molar-refractivity contribution in [1.82, 2.24) is 4.98 Å². The molecule has 1 aromatic heterocycles. The van der Waals surface area contributed by atoms with E-state index in [0.717, 1.165) is 11.4 Å². The van der Waals surface area contributed by atoms with Gasteiger partial charge in [0.15, 0.2) is 0 Å². The number of methoxy groups -OCH3 is 1. The van der Waals surface area contributed by atoms with Crippen LogP contribution in [0.2, 0.25) is 0 Å². The summed E-state index contributed by atoms with van der Waals surface area (Å²) in [6, 6.07) is 10.9. The zero-order chi connectivity index (χ0) is 12.3. The summed E-state index contributed by atoms with van der Waals surface area (Å²) >= 11 is 0. The molecule has 0 aliphatic rings. The Labute approximate surface area is 100 Å². The van der Waals surface area contributed by atoms with E-state index in [1.807, 2.05) is 25.1 Å². The van der Waals surface area contributed by atoms with Gasteiger partial charge in [-0.3, -0.25) is 0 Å². The van der Waals surface area contributed by atoms with Crippen LogP contribution in [0.5, 0.6) is 17.4 Å². The monoisotopic (exact) mass is 230 g/mol. The molecule has 0 unspecified atom stereocenters. The molecule has 4 heteroatoms. The van der Waals surface area contributed by atoms with E-state index >= 15 is 0 Å². The quantitative estimate of drug-likeness (QED) is 0.880. The minimum atomic E-state index is 0.518. The Kier molecular flexibility index (Phi) is 3.14. The molecule has 4 nitrogen and oxygen atoms in total. The molecule has 0 radical (unpaired) electrons. The number of hydrogen-bond acceptors (Lipinski definition) is 4. The molecule has 1 heterocycles.